The van der Waals surface area contributed by atoms with E-state index >= 15 is 0 Å². The van der Waals surface area contributed by atoms with Gasteiger partial charge in [-0.1, -0.05) is 11.6 Å². The fourth-order valence-electron chi connectivity index (χ4n) is 1.34. The van der Waals surface area contributed by atoms with E-state index in [1.54, 1.807) is 0 Å². The van der Waals surface area contributed by atoms with Crippen LogP contribution >= 0.6 is 27.5 Å². The second-order valence-electron chi connectivity index (χ2n) is 3.80. The number of aryl methyl sites for hydroxylation is 1. The number of nitrogens with two attached hydrogens (primary N) is 1. The van der Waals surface area contributed by atoms with Gasteiger partial charge in [-0.3, -0.25) is 0 Å². The maximum Gasteiger partial charge on any atom is 0.0550 e. The lowest BCUT2D eigenvalue weighted by atomic mass is 9.92. The van der Waals surface area contributed by atoms with E-state index in [2.05, 4.69) is 15.9 Å². The van der Waals surface area contributed by atoms with E-state index in [0.29, 0.717) is 0 Å². The molecule has 2 N–H and O–H groups in total. The Morgan fingerprint density at radius 1 is 1.38 bits per heavy atom. The van der Waals surface area contributed by atoms with Crippen molar-refractivity contribution in [2.24, 2.45) is 5.73 Å². The van der Waals surface area contributed by atoms with Crippen molar-refractivity contribution in [2.45, 2.75) is 26.3 Å². The third-order valence-corrected chi connectivity index (χ3v) is 3.16. The SMILES string of the molecule is Cc1cc(Cl)c(Br)cc1C(C)(C)N. The van der Waals surface area contributed by atoms with Gasteiger partial charge in [0.15, 0.2) is 0 Å². The molecule has 0 amide bonds. The number of benzene rings is 1. The van der Waals surface area contributed by atoms with Gasteiger partial charge in [0.1, 0.15) is 0 Å². The first-order chi connectivity index (χ1) is 5.82. The Morgan fingerprint density at radius 3 is 2.38 bits per heavy atom. The molecule has 0 spiro atoms. The largest absolute Gasteiger partial charge is 0.322 e. The summed E-state index contributed by atoms with van der Waals surface area (Å²) in [4.78, 5) is 0. The highest BCUT2D eigenvalue weighted by Gasteiger charge is 2.17. The highest BCUT2D eigenvalue weighted by atomic mass is 79.9. The predicted molar refractivity (Wildman–Crippen MR) is 61.1 cm³/mol. The zero-order valence-corrected chi connectivity index (χ0v) is 10.3. The van der Waals surface area contributed by atoms with E-state index < -0.39 is 0 Å². The second kappa shape index (κ2) is 3.60. The quantitative estimate of drug-likeness (QED) is 0.822. The lowest BCUT2D eigenvalue weighted by molar-refractivity contribution is 0.550. The topological polar surface area (TPSA) is 26.0 Å². The van der Waals surface area contributed by atoms with Crippen LogP contribution in [-0.4, -0.2) is 0 Å². The van der Waals surface area contributed by atoms with Gasteiger partial charge in [0.05, 0.1) is 5.02 Å². The third-order valence-electron chi connectivity index (χ3n) is 1.96. The smallest absolute Gasteiger partial charge is 0.0550 e. The van der Waals surface area contributed by atoms with Gasteiger partial charge >= 0.3 is 0 Å². The molecule has 0 aliphatic rings. The molecule has 0 aliphatic carbocycles. The summed E-state index contributed by atoms with van der Waals surface area (Å²) in [7, 11) is 0. The molecule has 0 bridgehead atoms. The monoisotopic (exact) mass is 261 g/mol. The maximum absolute atomic E-state index is 6.01. The van der Waals surface area contributed by atoms with Crippen molar-refractivity contribution >= 4 is 27.5 Å². The summed E-state index contributed by atoms with van der Waals surface area (Å²) in [5, 5.41) is 0.727. The first-order valence-corrected chi connectivity index (χ1v) is 5.24. The summed E-state index contributed by atoms with van der Waals surface area (Å²) < 4.78 is 0.897. The number of halogens is 2. The van der Waals surface area contributed by atoms with Gasteiger partial charge in [-0.25, -0.2) is 0 Å². The van der Waals surface area contributed by atoms with Crippen LogP contribution in [0.1, 0.15) is 25.0 Å². The predicted octanol–water partition coefficient (Wildman–Crippen LogP) is 3.60. The molecule has 13 heavy (non-hydrogen) atoms. The Morgan fingerprint density at radius 2 is 1.92 bits per heavy atom. The first-order valence-electron chi connectivity index (χ1n) is 4.07. The van der Waals surface area contributed by atoms with Gasteiger partial charge in [0.25, 0.3) is 0 Å². The van der Waals surface area contributed by atoms with Crippen molar-refractivity contribution in [3.05, 3.63) is 32.8 Å². The van der Waals surface area contributed by atoms with Gasteiger partial charge < -0.3 is 5.73 Å². The van der Waals surface area contributed by atoms with E-state index in [0.717, 1.165) is 20.6 Å². The molecule has 1 rings (SSSR count). The molecule has 0 heterocycles. The van der Waals surface area contributed by atoms with E-state index in [1.807, 2.05) is 32.9 Å². The molecular weight excluding hydrogens is 249 g/mol. The van der Waals surface area contributed by atoms with Crippen LogP contribution in [0.5, 0.6) is 0 Å². The van der Waals surface area contributed by atoms with Crippen molar-refractivity contribution in [3.8, 4) is 0 Å². The number of rotatable bonds is 1. The van der Waals surface area contributed by atoms with Crippen LogP contribution in [0.2, 0.25) is 5.02 Å². The maximum atomic E-state index is 6.01. The summed E-state index contributed by atoms with van der Waals surface area (Å²) >= 11 is 9.33. The zero-order chi connectivity index (χ0) is 10.2. The molecule has 0 radical (unpaired) electrons. The van der Waals surface area contributed by atoms with Crippen LogP contribution in [0.4, 0.5) is 0 Å². The van der Waals surface area contributed by atoms with Gasteiger partial charge in [-0.15, -0.1) is 0 Å². The van der Waals surface area contributed by atoms with Crippen molar-refractivity contribution in [3.63, 3.8) is 0 Å². The lowest BCUT2D eigenvalue weighted by Gasteiger charge is -2.22. The average Bonchev–Trinajstić information content (AvgIpc) is 1.94. The molecule has 72 valence electrons. The molecule has 1 nitrogen and oxygen atoms in total. The Hall–Kier alpha value is -0.0500. The highest BCUT2D eigenvalue weighted by Crippen LogP contribution is 2.30. The van der Waals surface area contributed by atoms with Gasteiger partial charge in [0.2, 0.25) is 0 Å². The molecule has 0 aromatic heterocycles. The van der Waals surface area contributed by atoms with Crippen LogP contribution < -0.4 is 5.73 Å². The van der Waals surface area contributed by atoms with Crippen LogP contribution in [-0.2, 0) is 5.54 Å². The molecule has 0 saturated carbocycles. The van der Waals surface area contributed by atoms with Crippen molar-refractivity contribution in [1.29, 1.82) is 0 Å². The molecule has 0 aliphatic heterocycles. The summed E-state index contributed by atoms with van der Waals surface area (Å²) in [6, 6.07) is 3.91. The zero-order valence-electron chi connectivity index (χ0n) is 7.99. The molecule has 3 heteroatoms. The van der Waals surface area contributed by atoms with Crippen molar-refractivity contribution in [1.82, 2.24) is 0 Å². The van der Waals surface area contributed by atoms with Gasteiger partial charge in [-0.05, 0) is 60.0 Å². The Kier molecular flexibility index (Phi) is 3.05. The summed E-state index contributed by atoms with van der Waals surface area (Å²) in [5.74, 6) is 0. The molecule has 0 fully saturated rings. The molecule has 0 atom stereocenters. The Bertz CT molecular complexity index is 328. The van der Waals surface area contributed by atoms with Crippen molar-refractivity contribution < 1.29 is 0 Å². The van der Waals surface area contributed by atoms with Crippen LogP contribution in [0.15, 0.2) is 16.6 Å². The first kappa shape index (κ1) is 11.0. The third kappa shape index (κ3) is 2.46. The van der Waals surface area contributed by atoms with Crippen LogP contribution in [0.3, 0.4) is 0 Å². The average molecular weight is 263 g/mol. The molecule has 0 saturated heterocycles. The van der Waals surface area contributed by atoms with E-state index in [9.17, 15) is 0 Å². The van der Waals surface area contributed by atoms with E-state index in [1.165, 1.54) is 0 Å². The van der Waals surface area contributed by atoms with Gasteiger partial charge in [0, 0.05) is 10.0 Å². The minimum atomic E-state index is -0.322. The van der Waals surface area contributed by atoms with Crippen LogP contribution in [0.25, 0.3) is 0 Å². The van der Waals surface area contributed by atoms with Crippen LogP contribution in [0, 0.1) is 6.92 Å². The Balaban J connectivity index is 3.32. The summed E-state index contributed by atoms with van der Waals surface area (Å²) in [6.07, 6.45) is 0. The number of hydrogen-bond donors (Lipinski definition) is 1. The van der Waals surface area contributed by atoms with E-state index in [-0.39, 0.29) is 5.54 Å². The van der Waals surface area contributed by atoms with Gasteiger partial charge in [-0.2, -0.15) is 0 Å². The molecular formula is C10H13BrClN. The number of hydrogen-bond acceptors (Lipinski definition) is 1. The molecule has 0 unspecified atom stereocenters. The Labute approximate surface area is 92.4 Å². The molecule has 1 aromatic carbocycles. The fourth-order valence-corrected chi connectivity index (χ4v) is 1.90. The minimum absolute atomic E-state index is 0.322. The summed E-state index contributed by atoms with van der Waals surface area (Å²) in [5.41, 5.74) is 7.93. The normalized spacial score (nSPS) is 11.8. The summed E-state index contributed by atoms with van der Waals surface area (Å²) in [6.45, 7) is 5.98. The highest BCUT2D eigenvalue weighted by molar-refractivity contribution is 9.10. The lowest BCUT2D eigenvalue weighted by Crippen LogP contribution is -2.29. The van der Waals surface area contributed by atoms with Crippen molar-refractivity contribution in [2.75, 3.05) is 0 Å². The molecule has 1 aromatic rings. The second-order valence-corrected chi connectivity index (χ2v) is 5.06. The standard InChI is InChI=1S/C10H13BrClN/c1-6-4-9(12)8(11)5-7(6)10(2,3)13/h4-5H,13H2,1-3H3. The van der Waals surface area contributed by atoms with E-state index in [4.69, 9.17) is 17.3 Å². The minimum Gasteiger partial charge on any atom is -0.322 e. The fraction of sp³-hybridized carbons (Fsp3) is 0.400.